The monoisotopic (exact) mass is 380 g/mol. The molecule has 1 nitrogen and oxygen atoms in total. The minimum Gasteiger partial charge on any atom is -0.300 e. The molecule has 2 aromatic rings. The summed E-state index contributed by atoms with van der Waals surface area (Å²) in [6, 6.07) is 13.3. The fraction of sp³-hybridized carbons (Fsp3) is 0.593. The minimum absolute atomic E-state index is 0.340. The summed E-state index contributed by atoms with van der Waals surface area (Å²) in [6.07, 6.45) is 18.0. The summed E-state index contributed by atoms with van der Waals surface area (Å²) in [5.41, 5.74) is 3.00. The molecule has 2 rings (SSSR count). The van der Waals surface area contributed by atoms with Crippen LogP contribution in [-0.4, -0.2) is 5.78 Å². The van der Waals surface area contributed by atoms with Gasteiger partial charge in [-0.3, -0.25) is 0 Å². The molecule has 1 heteroatoms. The molecule has 0 unspecified atom stereocenters. The van der Waals surface area contributed by atoms with Crippen LogP contribution in [0.2, 0.25) is 0 Å². The predicted octanol–water partition coefficient (Wildman–Crippen LogP) is 8.35. The van der Waals surface area contributed by atoms with Crippen molar-refractivity contribution in [2.24, 2.45) is 0 Å². The van der Waals surface area contributed by atoms with E-state index in [0.29, 0.717) is 5.78 Å². The van der Waals surface area contributed by atoms with Gasteiger partial charge in [-0.2, -0.15) is 0 Å². The third-order valence-corrected chi connectivity index (χ3v) is 5.98. The van der Waals surface area contributed by atoms with E-state index in [0.717, 1.165) is 12.8 Å². The third kappa shape index (κ3) is 8.59. The molecule has 2 aromatic carbocycles. The van der Waals surface area contributed by atoms with Crippen LogP contribution in [0.25, 0.3) is 10.8 Å². The number of aryl methyl sites for hydroxylation is 2. The van der Waals surface area contributed by atoms with Crippen molar-refractivity contribution in [1.29, 1.82) is 0 Å². The first-order chi connectivity index (χ1) is 13.7. The van der Waals surface area contributed by atoms with E-state index in [1.165, 1.54) is 93.4 Å². The number of fused-ring (bicyclic) bond motifs is 1. The van der Waals surface area contributed by atoms with E-state index in [-0.39, 0.29) is 0 Å². The minimum atomic E-state index is 0.340. The van der Waals surface area contributed by atoms with E-state index in [2.05, 4.69) is 43.3 Å². The van der Waals surface area contributed by atoms with Crippen molar-refractivity contribution in [3.8, 4) is 0 Å². The number of hydrogen-bond donors (Lipinski definition) is 0. The molecule has 154 valence electrons. The molecule has 0 aliphatic rings. The Kier molecular flexibility index (Phi) is 10.9. The molecule has 0 aromatic heterocycles. The summed E-state index contributed by atoms with van der Waals surface area (Å²) in [5, 5.41) is 2.82. The Morgan fingerprint density at radius 2 is 1.21 bits per heavy atom. The molecule has 0 amide bonds. The van der Waals surface area contributed by atoms with Crippen LogP contribution in [0.3, 0.4) is 0 Å². The van der Waals surface area contributed by atoms with Gasteiger partial charge in [0.05, 0.1) is 0 Å². The van der Waals surface area contributed by atoms with Gasteiger partial charge < -0.3 is 4.79 Å². The molecule has 0 saturated heterocycles. The maximum Gasteiger partial charge on any atom is 0.129 e. The highest BCUT2D eigenvalue weighted by atomic mass is 16.1. The average Bonchev–Trinajstić information content (AvgIpc) is 2.69. The summed E-state index contributed by atoms with van der Waals surface area (Å²) in [4.78, 5) is 10.9. The van der Waals surface area contributed by atoms with Crippen LogP contribution < -0.4 is 0 Å². The van der Waals surface area contributed by atoms with Crippen LogP contribution in [0.15, 0.2) is 36.4 Å². The van der Waals surface area contributed by atoms with E-state index >= 15 is 0 Å². The summed E-state index contributed by atoms with van der Waals surface area (Å²) in [7, 11) is 0. The Morgan fingerprint density at radius 1 is 0.679 bits per heavy atom. The quantitative estimate of drug-likeness (QED) is 0.284. The highest BCUT2D eigenvalue weighted by molar-refractivity contribution is 5.86. The van der Waals surface area contributed by atoms with Crippen molar-refractivity contribution >= 4 is 16.6 Å². The highest BCUT2D eigenvalue weighted by Gasteiger charge is 2.04. The van der Waals surface area contributed by atoms with E-state index in [9.17, 15) is 4.79 Å². The molecule has 0 fully saturated rings. The topological polar surface area (TPSA) is 17.1 Å². The van der Waals surface area contributed by atoms with E-state index in [1.807, 2.05) is 0 Å². The Bertz CT molecular complexity index is 700. The van der Waals surface area contributed by atoms with E-state index in [4.69, 9.17) is 0 Å². The van der Waals surface area contributed by atoms with Crippen LogP contribution >= 0.6 is 0 Å². The standard InChI is InChI=1S/C27H40O/c1-23-21-22-25-18-15-16-20-27(25)26(23)19-14-12-10-8-6-4-3-5-7-9-11-13-17-24(2)28/h15-16,18,20-22H,3-14,17,19H2,1-2H3. The lowest BCUT2D eigenvalue weighted by Crippen LogP contribution is -1.92. The molecule has 0 saturated carbocycles. The summed E-state index contributed by atoms with van der Waals surface area (Å²) in [6.45, 7) is 3.95. The predicted molar refractivity (Wildman–Crippen MR) is 123 cm³/mol. The molecule has 0 aliphatic heterocycles. The van der Waals surface area contributed by atoms with Crippen LogP contribution in [0, 0.1) is 6.92 Å². The molecular weight excluding hydrogens is 340 g/mol. The number of ketones is 1. The largest absolute Gasteiger partial charge is 0.300 e. The van der Waals surface area contributed by atoms with Gasteiger partial charge >= 0.3 is 0 Å². The highest BCUT2D eigenvalue weighted by Crippen LogP contribution is 2.24. The maximum atomic E-state index is 10.9. The summed E-state index contributed by atoms with van der Waals surface area (Å²) in [5.74, 6) is 0.340. The maximum absolute atomic E-state index is 10.9. The van der Waals surface area contributed by atoms with Crippen molar-refractivity contribution in [3.05, 3.63) is 47.5 Å². The second-order valence-corrected chi connectivity index (χ2v) is 8.53. The average molecular weight is 381 g/mol. The van der Waals surface area contributed by atoms with Crippen molar-refractivity contribution in [1.82, 2.24) is 0 Å². The number of benzene rings is 2. The van der Waals surface area contributed by atoms with Gasteiger partial charge in [-0.25, -0.2) is 0 Å². The Labute approximate surface area is 172 Å². The summed E-state index contributed by atoms with van der Waals surface area (Å²) >= 11 is 0. The molecule has 0 N–H and O–H groups in total. The molecule has 0 bridgehead atoms. The number of carbonyl (C=O) groups excluding carboxylic acids is 1. The first kappa shape index (κ1) is 22.7. The van der Waals surface area contributed by atoms with Crippen LogP contribution in [-0.2, 0) is 11.2 Å². The first-order valence-electron chi connectivity index (χ1n) is 11.6. The van der Waals surface area contributed by atoms with Gasteiger partial charge in [-0.15, -0.1) is 0 Å². The number of Topliss-reactive ketones (excluding diaryl/α,β-unsaturated/α-hetero) is 1. The first-order valence-corrected chi connectivity index (χ1v) is 11.6. The molecular formula is C27H40O. The van der Waals surface area contributed by atoms with Gasteiger partial charge in [-0.05, 0) is 55.0 Å². The lowest BCUT2D eigenvalue weighted by Gasteiger charge is -2.10. The second kappa shape index (κ2) is 13.5. The van der Waals surface area contributed by atoms with E-state index < -0.39 is 0 Å². The number of hydrogen-bond acceptors (Lipinski definition) is 1. The molecule has 0 spiro atoms. The Morgan fingerprint density at radius 3 is 1.82 bits per heavy atom. The fourth-order valence-corrected chi connectivity index (χ4v) is 4.22. The van der Waals surface area contributed by atoms with Crippen molar-refractivity contribution in [2.75, 3.05) is 0 Å². The lowest BCUT2D eigenvalue weighted by molar-refractivity contribution is -0.117. The van der Waals surface area contributed by atoms with Gasteiger partial charge in [0.25, 0.3) is 0 Å². The van der Waals surface area contributed by atoms with E-state index in [1.54, 1.807) is 12.5 Å². The Balaban J connectivity index is 1.46. The van der Waals surface area contributed by atoms with Gasteiger partial charge in [0.1, 0.15) is 5.78 Å². The molecule has 0 atom stereocenters. The number of unbranched alkanes of at least 4 members (excludes halogenated alkanes) is 11. The van der Waals surface area contributed by atoms with Crippen molar-refractivity contribution in [3.63, 3.8) is 0 Å². The zero-order valence-electron chi connectivity index (χ0n) is 18.3. The van der Waals surface area contributed by atoms with Crippen molar-refractivity contribution in [2.45, 2.75) is 104 Å². The van der Waals surface area contributed by atoms with Gasteiger partial charge in [0.2, 0.25) is 0 Å². The smallest absolute Gasteiger partial charge is 0.129 e. The Hall–Kier alpha value is -1.63. The zero-order chi connectivity index (χ0) is 20.0. The van der Waals surface area contributed by atoms with Crippen LogP contribution in [0.1, 0.15) is 102 Å². The number of carbonyl (C=O) groups is 1. The van der Waals surface area contributed by atoms with Crippen molar-refractivity contribution < 1.29 is 4.79 Å². The fourth-order valence-electron chi connectivity index (χ4n) is 4.22. The molecule has 0 aliphatic carbocycles. The normalized spacial score (nSPS) is 11.2. The third-order valence-electron chi connectivity index (χ3n) is 5.98. The van der Waals surface area contributed by atoms with Crippen LogP contribution in [0.4, 0.5) is 0 Å². The zero-order valence-corrected chi connectivity index (χ0v) is 18.3. The second-order valence-electron chi connectivity index (χ2n) is 8.53. The van der Waals surface area contributed by atoms with Gasteiger partial charge in [0.15, 0.2) is 0 Å². The van der Waals surface area contributed by atoms with Gasteiger partial charge in [0, 0.05) is 6.42 Å². The lowest BCUT2D eigenvalue weighted by atomic mass is 9.95. The molecule has 28 heavy (non-hydrogen) atoms. The SMILES string of the molecule is CC(=O)CCCCCCCCCCCCCCc1c(C)ccc2ccccc12. The molecule has 0 radical (unpaired) electrons. The number of rotatable bonds is 15. The van der Waals surface area contributed by atoms with Gasteiger partial charge in [-0.1, -0.05) is 101 Å². The van der Waals surface area contributed by atoms with Crippen LogP contribution in [0.5, 0.6) is 0 Å². The summed E-state index contributed by atoms with van der Waals surface area (Å²) < 4.78 is 0. The molecule has 0 heterocycles.